The van der Waals surface area contributed by atoms with Crippen LogP contribution in [0.3, 0.4) is 0 Å². The van der Waals surface area contributed by atoms with Gasteiger partial charge in [-0.05, 0) is 67.7 Å². The summed E-state index contributed by atoms with van der Waals surface area (Å²) in [7, 11) is 0. The van der Waals surface area contributed by atoms with Crippen molar-refractivity contribution in [2.45, 2.75) is 26.3 Å². The number of amides is 2. The van der Waals surface area contributed by atoms with Gasteiger partial charge in [-0.2, -0.15) is 0 Å². The van der Waals surface area contributed by atoms with Gasteiger partial charge >= 0.3 is 0 Å². The lowest BCUT2D eigenvalue weighted by Crippen LogP contribution is -2.32. The third kappa shape index (κ3) is 4.70. The molecule has 2 amide bonds. The molecule has 0 saturated carbocycles. The predicted octanol–water partition coefficient (Wildman–Crippen LogP) is 3.27. The lowest BCUT2D eigenvalue weighted by atomic mass is 9.99. The van der Waals surface area contributed by atoms with E-state index in [9.17, 15) is 9.59 Å². The smallest absolute Gasteiger partial charge is 0.255 e. The monoisotopic (exact) mass is 351 g/mol. The van der Waals surface area contributed by atoms with E-state index in [1.807, 2.05) is 24.3 Å². The number of hydrogen-bond acceptors (Lipinski definition) is 3. The van der Waals surface area contributed by atoms with Crippen molar-refractivity contribution in [3.05, 3.63) is 65.2 Å². The van der Waals surface area contributed by atoms with Gasteiger partial charge in [0, 0.05) is 23.4 Å². The summed E-state index contributed by atoms with van der Waals surface area (Å²) in [6.45, 7) is 5.51. The molecule has 5 heteroatoms. The van der Waals surface area contributed by atoms with Crippen molar-refractivity contribution in [3.63, 3.8) is 0 Å². The molecule has 0 bridgehead atoms. The maximum Gasteiger partial charge on any atom is 0.255 e. The number of carbonyl (C=O) groups is 2. The van der Waals surface area contributed by atoms with Crippen LogP contribution in [-0.2, 0) is 6.54 Å². The van der Waals surface area contributed by atoms with Gasteiger partial charge in [-0.1, -0.05) is 25.1 Å². The molecule has 0 aromatic heterocycles. The first-order valence-electron chi connectivity index (χ1n) is 9.04. The average Bonchev–Trinajstić information content (AvgIpc) is 2.64. The second kappa shape index (κ2) is 8.15. The van der Waals surface area contributed by atoms with Crippen LogP contribution in [0, 0.1) is 5.92 Å². The Morgan fingerprint density at radius 3 is 2.42 bits per heavy atom. The van der Waals surface area contributed by atoms with Gasteiger partial charge in [-0.25, -0.2) is 0 Å². The fourth-order valence-corrected chi connectivity index (χ4v) is 3.19. The minimum Gasteiger partial charge on any atom is -0.366 e. The number of nitrogens with zero attached hydrogens (tertiary/aromatic N) is 1. The van der Waals surface area contributed by atoms with E-state index in [4.69, 9.17) is 5.73 Å². The van der Waals surface area contributed by atoms with Crippen molar-refractivity contribution in [1.29, 1.82) is 0 Å². The van der Waals surface area contributed by atoms with Crippen LogP contribution in [-0.4, -0.2) is 29.8 Å². The molecule has 26 heavy (non-hydrogen) atoms. The van der Waals surface area contributed by atoms with Crippen LogP contribution in [0.25, 0.3) is 0 Å². The molecule has 3 N–H and O–H groups in total. The molecule has 0 radical (unpaired) electrons. The molecule has 1 fully saturated rings. The van der Waals surface area contributed by atoms with E-state index in [0.717, 1.165) is 25.6 Å². The van der Waals surface area contributed by atoms with E-state index in [0.29, 0.717) is 16.8 Å². The van der Waals surface area contributed by atoms with Crippen molar-refractivity contribution in [2.24, 2.45) is 11.7 Å². The average molecular weight is 351 g/mol. The maximum absolute atomic E-state index is 12.4. The van der Waals surface area contributed by atoms with Crippen LogP contribution in [0.5, 0.6) is 0 Å². The highest BCUT2D eigenvalue weighted by Gasteiger charge is 2.16. The molecule has 1 saturated heterocycles. The van der Waals surface area contributed by atoms with E-state index in [2.05, 4.69) is 17.1 Å². The van der Waals surface area contributed by atoms with Crippen molar-refractivity contribution in [2.75, 3.05) is 18.4 Å². The lowest BCUT2D eigenvalue weighted by Gasteiger charge is -2.30. The summed E-state index contributed by atoms with van der Waals surface area (Å²) in [6.07, 6.45) is 2.51. The van der Waals surface area contributed by atoms with Crippen molar-refractivity contribution in [3.8, 4) is 0 Å². The fourth-order valence-electron chi connectivity index (χ4n) is 3.19. The van der Waals surface area contributed by atoms with E-state index in [-0.39, 0.29) is 5.91 Å². The Balaban J connectivity index is 1.60. The van der Waals surface area contributed by atoms with E-state index < -0.39 is 5.91 Å². The largest absolute Gasteiger partial charge is 0.366 e. The van der Waals surface area contributed by atoms with Gasteiger partial charge in [0.2, 0.25) is 5.91 Å². The summed E-state index contributed by atoms with van der Waals surface area (Å²) in [6, 6.07) is 14.3. The first kappa shape index (κ1) is 18.1. The summed E-state index contributed by atoms with van der Waals surface area (Å²) < 4.78 is 0. The van der Waals surface area contributed by atoms with Gasteiger partial charge in [-0.15, -0.1) is 0 Å². The molecule has 1 heterocycles. The highest BCUT2D eigenvalue weighted by Crippen LogP contribution is 2.18. The third-order valence-corrected chi connectivity index (χ3v) is 4.90. The quantitative estimate of drug-likeness (QED) is 0.868. The molecule has 0 atom stereocenters. The van der Waals surface area contributed by atoms with Crippen LogP contribution in [0.15, 0.2) is 48.5 Å². The molecule has 1 aliphatic rings. The molecule has 0 aliphatic carbocycles. The minimum absolute atomic E-state index is 0.204. The summed E-state index contributed by atoms with van der Waals surface area (Å²) in [5.74, 6) is 0.105. The fraction of sp³-hybridized carbons (Fsp3) is 0.333. The number of nitrogens with one attached hydrogen (secondary N) is 1. The van der Waals surface area contributed by atoms with E-state index >= 15 is 0 Å². The number of hydrogen-bond donors (Lipinski definition) is 2. The first-order valence-corrected chi connectivity index (χ1v) is 9.04. The number of likely N-dealkylation sites (tertiary alicyclic amines) is 1. The lowest BCUT2D eigenvalue weighted by molar-refractivity contribution is 0.0996. The Morgan fingerprint density at radius 1 is 1.08 bits per heavy atom. The standard InChI is InChI=1S/C21H25N3O2/c1-15-9-11-24(12-10-15)14-16-5-7-17(8-6-16)21(26)23-19-4-2-3-18(13-19)20(22)25/h2-8,13,15H,9-12,14H2,1H3,(H2,22,25)(H,23,26). The number of anilines is 1. The highest BCUT2D eigenvalue weighted by atomic mass is 16.2. The molecule has 5 nitrogen and oxygen atoms in total. The number of nitrogens with two attached hydrogens (primary N) is 1. The molecule has 2 aromatic carbocycles. The predicted molar refractivity (Wildman–Crippen MR) is 103 cm³/mol. The Labute approximate surface area is 154 Å². The number of carbonyl (C=O) groups excluding carboxylic acids is 2. The van der Waals surface area contributed by atoms with Gasteiger partial charge in [0.05, 0.1) is 0 Å². The molecule has 2 aromatic rings. The van der Waals surface area contributed by atoms with Crippen molar-refractivity contribution in [1.82, 2.24) is 4.90 Å². The minimum atomic E-state index is -0.516. The molecule has 3 rings (SSSR count). The van der Waals surface area contributed by atoms with Crippen molar-refractivity contribution >= 4 is 17.5 Å². The van der Waals surface area contributed by atoms with Gasteiger partial charge in [0.15, 0.2) is 0 Å². The molecular formula is C21H25N3O2. The van der Waals surface area contributed by atoms with E-state index in [1.165, 1.54) is 18.4 Å². The third-order valence-electron chi connectivity index (χ3n) is 4.90. The van der Waals surface area contributed by atoms with Crippen molar-refractivity contribution < 1.29 is 9.59 Å². The van der Waals surface area contributed by atoms with Gasteiger partial charge in [0.25, 0.3) is 5.91 Å². The number of benzene rings is 2. The zero-order valence-electron chi connectivity index (χ0n) is 15.1. The maximum atomic E-state index is 12.4. The summed E-state index contributed by atoms with van der Waals surface area (Å²) >= 11 is 0. The van der Waals surface area contributed by atoms with Gasteiger partial charge < -0.3 is 11.1 Å². The summed E-state index contributed by atoms with van der Waals surface area (Å²) in [5, 5.41) is 2.80. The topological polar surface area (TPSA) is 75.4 Å². The molecular weight excluding hydrogens is 326 g/mol. The van der Waals surface area contributed by atoms with Crippen LogP contribution < -0.4 is 11.1 Å². The second-order valence-electron chi connectivity index (χ2n) is 7.05. The van der Waals surface area contributed by atoms with Crippen LogP contribution in [0.1, 0.15) is 46.0 Å². The normalized spacial score (nSPS) is 15.6. The Hall–Kier alpha value is -2.66. The van der Waals surface area contributed by atoms with Gasteiger partial charge in [-0.3, -0.25) is 14.5 Å². The highest BCUT2D eigenvalue weighted by molar-refractivity contribution is 6.05. The summed E-state index contributed by atoms with van der Waals surface area (Å²) in [4.78, 5) is 26.1. The molecule has 0 spiro atoms. The second-order valence-corrected chi connectivity index (χ2v) is 7.05. The Kier molecular flexibility index (Phi) is 5.68. The Morgan fingerprint density at radius 2 is 1.77 bits per heavy atom. The van der Waals surface area contributed by atoms with Crippen LogP contribution in [0.4, 0.5) is 5.69 Å². The molecule has 0 unspecified atom stereocenters. The van der Waals surface area contributed by atoms with E-state index in [1.54, 1.807) is 24.3 Å². The zero-order valence-corrected chi connectivity index (χ0v) is 15.1. The zero-order chi connectivity index (χ0) is 18.5. The number of rotatable bonds is 5. The Bertz CT molecular complexity index is 778. The molecule has 136 valence electrons. The first-order chi connectivity index (χ1) is 12.5. The number of primary amides is 1. The van der Waals surface area contributed by atoms with Gasteiger partial charge in [0.1, 0.15) is 0 Å². The summed E-state index contributed by atoms with van der Waals surface area (Å²) in [5.41, 5.74) is 8.00. The SMILES string of the molecule is CC1CCN(Cc2ccc(C(=O)Nc3cccc(C(N)=O)c3)cc2)CC1. The molecule has 1 aliphatic heterocycles. The van der Waals surface area contributed by atoms with Crippen LogP contribution >= 0.6 is 0 Å². The number of piperidine rings is 1. The van der Waals surface area contributed by atoms with Crippen LogP contribution in [0.2, 0.25) is 0 Å².